The molecule has 1 aliphatic rings. The first-order chi connectivity index (χ1) is 11.6. The molecule has 4 heteroatoms. The van der Waals surface area contributed by atoms with Crippen LogP contribution in [0, 0.1) is 12.8 Å². The third-order valence-electron chi connectivity index (χ3n) is 4.62. The van der Waals surface area contributed by atoms with E-state index < -0.39 is 0 Å². The molecule has 1 aliphatic heterocycles. The van der Waals surface area contributed by atoms with E-state index in [1.54, 1.807) is 6.07 Å². The van der Waals surface area contributed by atoms with Crippen LogP contribution in [0.5, 0.6) is 0 Å². The Hall–Kier alpha value is -1.84. The van der Waals surface area contributed by atoms with Gasteiger partial charge in [-0.3, -0.25) is 9.69 Å². The van der Waals surface area contributed by atoms with Gasteiger partial charge in [0.1, 0.15) is 0 Å². The average molecular weight is 343 g/mol. The Morgan fingerprint density at radius 2 is 2.08 bits per heavy atom. The van der Waals surface area contributed by atoms with Crippen LogP contribution in [0.1, 0.15) is 24.0 Å². The van der Waals surface area contributed by atoms with Gasteiger partial charge in [0.05, 0.1) is 5.92 Å². The average Bonchev–Trinajstić information content (AvgIpc) is 2.57. The van der Waals surface area contributed by atoms with Crippen LogP contribution in [0.4, 0.5) is 5.69 Å². The molecule has 0 spiro atoms. The number of carbonyl (C=O) groups excluding carboxylic acids is 1. The number of anilines is 1. The van der Waals surface area contributed by atoms with E-state index in [1.165, 1.54) is 11.1 Å². The molecule has 1 unspecified atom stereocenters. The van der Waals surface area contributed by atoms with Crippen LogP contribution in [-0.2, 0) is 11.3 Å². The molecule has 1 amide bonds. The van der Waals surface area contributed by atoms with Gasteiger partial charge in [-0.05, 0) is 55.6 Å². The third kappa shape index (κ3) is 4.37. The fourth-order valence-corrected chi connectivity index (χ4v) is 3.44. The molecule has 0 bridgehead atoms. The van der Waals surface area contributed by atoms with Crippen LogP contribution >= 0.6 is 11.6 Å². The van der Waals surface area contributed by atoms with Crippen molar-refractivity contribution in [2.75, 3.05) is 18.4 Å². The van der Waals surface area contributed by atoms with Gasteiger partial charge < -0.3 is 5.32 Å². The second-order valence-electron chi connectivity index (χ2n) is 6.50. The quantitative estimate of drug-likeness (QED) is 0.887. The maximum atomic E-state index is 12.6. The molecule has 1 fully saturated rings. The van der Waals surface area contributed by atoms with Gasteiger partial charge in [-0.25, -0.2) is 0 Å². The minimum atomic E-state index is 0.0294. The maximum absolute atomic E-state index is 12.6. The second kappa shape index (κ2) is 7.82. The fourth-order valence-electron chi connectivity index (χ4n) is 3.25. The molecule has 2 aromatic rings. The lowest BCUT2D eigenvalue weighted by Gasteiger charge is -2.32. The van der Waals surface area contributed by atoms with Crippen LogP contribution in [0.2, 0.25) is 5.02 Å². The summed E-state index contributed by atoms with van der Waals surface area (Å²) in [7, 11) is 0. The van der Waals surface area contributed by atoms with Gasteiger partial charge in [-0.2, -0.15) is 0 Å². The maximum Gasteiger partial charge on any atom is 0.228 e. The topological polar surface area (TPSA) is 32.3 Å². The number of nitrogens with zero attached hydrogens (tertiary/aromatic N) is 1. The van der Waals surface area contributed by atoms with E-state index in [0.717, 1.165) is 38.2 Å². The van der Waals surface area contributed by atoms with Gasteiger partial charge in [0.15, 0.2) is 0 Å². The predicted octanol–water partition coefficient (Wildman–Crippen LogP) is 4.50. The molecular formula is C20H23ClN2O. The van der Waals surface area contributed by atoms with Gasteiger partial charge >= 0.3 is 0 Å². The van der Waals surface area contributed by atoms with E-state index in [2.05, 4.69) is 41.4 Å². The minimum absolute atomic E-state index is 0.0294. The van der Waals surface area contributed by atoms with Crippen LogP contribution in [-0.4, -0.2) is 23.9 Å². The molecule has 0 saturated carbocycles. The number of benzene rings is 2. The lowest BCUT2D eigenvalue weighted by Crippen LogP contribution is -2.40. The molecule has 126 valence electrons. The molecular weight excluding hydrogens is 320 g/mol. The first-order valence-electron chi connectivity index (χ1n) is 8.45. The van der Waals surface area contributed by atoms with E-state index in [4.69, 9.17) is 11.6 Å². The highest BCUT2D eigenvalue weighted by molar-refractivity contribution is 6.30. The summed E-state index contributed by atoms with van der Waals surface area (Å²) in [6.45, 7) is 4.91. The summed E-state index contributed by atoms with van der Waals surface area (Å²) in [4.78, 5) is 14.9. The monoisotopic (exact) mass is 342 g/mol. The summed E-state index contributed by atoms with van der Waals surface area (Å²) in [5, 5.41) is 3.63. The summed E-state index contributed by atoms with van der Waals surface area (Å²) in [5.74, 6) is 0.119. The standard InChI is InChI=1S/C20H23ClN2O/c1-15-6-2-3-7-16(15)13-23-11-5-8-17(14-23)20(24)22-19-10-4-9-18(21)12-19/h2-4,6-7,9-10,12,17H,5,8,11,13-14H2,1H3,(H,22,24). The SMILES string of the molecule is Cc1ccccc1CN1CCCC(C(=O)Nc2cccc(Cl)c2)C1. The van der Waals surface area contributed by atoms with E-state index in [-0.39, 0.29) is 11.8 Å². The van der Waals surface area contributed by atoms with Crippen LogP contribution < -0.4 is 5.32 Å². The Balaban J connectivity index is 1.60. The Labute approximate surface area is 148 Å². The minimum Gasteiger partial charge on any atom is -0.326 e. The van der Waals surface area contributed by atoms with Crippen molar-refractivity contribution in [2.24, 2.45) is 5.92 Å². The second-order valence-corrected chi connectivity index (χ2v) is 6.94. The van der Waals surface area contributed by atoms with E-state index in [0.29, 0.717) is 5.02 Å². The van der Waals surface area contributed by atoms with Crippen molar-refractivity contribution in [2.45, 2.75) is 26.3 Å². The van der Waals surface area contributed by atoms with E-state index in [1.807, 2.05) is 18.2 Å². The van der Waals surface area contributed by atoms with Gasteiger partial charge in [0.25, 0.3) is 0 Å². The molecule has 1 atom stereocenters. The number of likely N-dealkylation sites (tertiary alicyclic amines) is 1. The number of hydrogen-bond donors (Lipinski definition) is 1. The largest absolute Gasteiger partial charge is 0.326 e. The number of amides is 1. The van der Waals surface area contributed by atoms with Crippen molar-refractivity contribution in [1.82, 2.24) is 4.90 Å². The molecule has 0 aliphatic carbocycles. The first-order valence-corrected chi connectivity index (χ1v) is 8.83. The Kier molecular flexibility index (Phi) is 5.54. The van der Waals surface area contributed by atoms with Gasteiger partial charge in [-0.1, -0.05) is 41.9 Å². The lowest BCUT2D eigenvalue weighted by atomic mass is 9.96. The van der Waals surface area contributed by atoms with Gasteiger partial charge in [0, 0.05) is 23.8 Å². The molecule has 3 rings (SSSR count). The van der Waals surface area contributed by atoms with Crippen molar-refractivity contribution in [1.29, 1.82) is 0 Å². The zero-order valence-electron chi connectivity index (χ0n) is 14.0. The van der Waals surface area contributed by atoms with Crippen LogP contribution in [0.3, 0.4) is 0 Å². The highest BCUT2D eigenvalue weighted by atomic mass is 35.5. The third-order valence-corrected chi connectivity index (χ3v) is 4.86. The summed E-state index contributed by atoms with van der Waals surface area (Å²) >= 11 is 5.98. The number of rotatable bonds is 4. The zero-order valence-corrected chi connectivity index (χ0v) is 14.7. The first kappa shape index (κ1) is 17.0. The highest BCUT2D eigenvalue weighted by Gasteiger charge is 2.26. The molecule has 1 N–H and O–H groups in total. The molecule has 24 heavy (non-hydrogen) atoms. The molecule has 1 saturated heterocycles. The number of halogens is 1. The summed E-state index contributed by atoms with van der Waals surface area (Å²) in [5.41, 5.74) is 3.42. The zero-order chi connectivity index (χ0) is 16.9. The van der Waals surface area contributed by atoms with Crippen molar-refractivity contribution < 1.29 is 4.79 Å². The number of carbonyl (C=O) groups is 1. The van der Waals surface area contributed by atoms with Crippen molar-refractivity contribution >= 4 is 23.2 Å². The number of hydrogen-bond acceptors (Lipinski definition) is 2. The van der Waals surface area contributed by atoms with E-state index in [9.17, 15) is 4.79 Å². The molecule has 2 aromatic carbocycles. The number of aryl methyl sites for hydroxylation is 1. The number of nitrogens with one attached hydrogen (secondary N) is 1. The number of piperidine rings is 1. The predicted molar refractivity (Wildman–Crippen MR) is 99.3 cm³/mol. The van der Waals surface area contributed by atoms with Gasteiger partial charge in [-0.15, -0.1) is 0 Å². The molecule has 1 heterocycles. The Morgan fingerprint density at radius 3 is 2.88 bits per heavy atom. The van der Waals surface area contributed by atoms with Gasteiger partial charge in [0.2, 0.25) is 5.91 Å². The fraction of sp³-hybridized carbons (Fsp3) is 0.350. The Morgan fingerprint density at radius 1 is 1.25 bits per heavy atom. The summed E-state index contributed by atoms with van der Waals surface area (Å²) in [6, 6.07) is 15.8. The highest BCUT2D eigenvalue weighted by Crippen LogP contribution is 2.22. The molecule has 0 radical (unpaired) electrons. The Bertz CT molecular complexity index is 716. The van der Waals surface area contributed by atoms with Crippen LogP contribution in [0.25, 0.3) is 0 Å². The van der Waals surface area contributed by atoms with Crippen molar-refractivity contribution in [3.63, 3.8) is 0 Å². The van der Waals surface area contributed by atoms with E-state index >= 15 is 0 Å². The normalized spacial score (nSPS) is 18.3. The molecule has 0 aromatic heterocycles. The van der Waals surface area contributed by atoms with Crippen molar-refractivity contribution in [3.8, 4) is 0 Å². The van der Waals surface area contributed by atoms with Crippen LogP contribution in [0.15, 0.2) is 48.5 Å². The summed E-state index contributed by atoms with van der Waals surface area (Å²) in [6.07, 6.45) is 2.00. The van der Waals surface area contributed by atoms with Crippen molar-refractivity contribution in [3.05, 3.63) is 64.7 Å². The smallest absolute Gasteiger partial charge is 0.228 e. The molecule has 3 nitrogen and oxygen atoms in total. The lowest BCUT2D eigenvalue weighted by molar-refractivity contribution is -0.121. The summed E-state index contributed by atoms with van der Waals surface area (Å²) < 4.78 is 0.